The van der Waals surface area contributed by atoms with E-state index >= 15 is 0 Å². The standard InChI is InChI=1S/C50H44N6O6S2/c57-45-31-13-1-2-14-32(31)46(58)55(45)39-19-9-21-41-53(49(39)61)27(25-63-41)23-35-29-11-5-7-17-37(29)51-43(35)44-36(30-12-6-8-18-38(30)52-44)24-28-26-64-42-22-10-20-40(50(62)54(28)42)56-47(59)33-15-3-4-16-34(33)48(56)60/h1-8,11-18,27-28,39-42,51-52H,9-10,19-26H2/t27-,28-,39+,40+,41-,42-/m1/s1. The maximum Gasteiger partial charge on any atom is 0.262 e. The van der Waals surface area contributed by atoms with Gasteiger partial charge in [-0.1, -0.05) is 60.7 Å². The molecule has 0 spiro atoms. The van der Waals surface area contributed by atoms with E-state index in [1.54, 1.807) is 72.1 Å². The molecule has 6 atom stereocenters. The van der Waals surface area contributed by atoms with Gasteiger partial charge < -0.3 is 19.8 Å². The van der Waals surface area contributed by atoms with E-state index in [4.69, 9.17) is 0 Å². The summed E-state index contributed by atoms with van der Waals surface area (Å²) in [6.45, 7) is 0. The smallest absolute Gasteiger partial charge is 0.262 e. The summed E-state index contributed by atoms with van der Waals surface area (Å²) >= 11 is 3.55. The second-order valence-electron chi connectivity index (χ2n) is 17.8. The number of aromatic nitrogens is 2. The Bertz CT molecular complexity index is 2730. The Labute approximate surface area is 377 Å². The Morgan fingerprint density at radius 3 is 1.22 bits per heavy atom. The molecule has 8 heterocycles. The number of aromatic amines is 2. The van der Waals surface area contributed by atoms with Gasteiger partial charge in [-0.2, -0.15) is 0 Å². The summed E-state index contributed by atoms with van der Waals surface area (Å²) in [5, 5.41) is 1.99. The summed E-state index contributed by atoms with van der Waals surface area (Å²) in [6.07, 6.45) is 4.96. The molecule has 2 aromatic heterocycles. The summed E-state index contributed by atoms with van der Waals surface area (Å²) in [4.78, 5) is 98.4. The van der Waals surface area contributed by atoms with Gasteiger partial charge in [0.25, 0.3) is 23.6 Å². The third-order valence-corrected chi connectivity index (χ3v) is 17.2. The molecule has 0 aliphatic carbocycles. The fourth-order valence-corrected chi connectivity index (χ4v) is 14.4. The van der Waals surface area contributed by atoms with E-state index in [1.165, 1.54) is 9.80 Å². The van der Waals surface area contributed by atoms with Gasteiger partial charge in [0.2, 0.25) is 11.8 Å². The molecule has 0 bridgehead atoms. The summed E-state index contributed by atoms with van der Waals surface area (Å²) in [7, 11) is 0. The highest BCUT2D eigenvalue weighted by Gasteiger charge is 2.51. The number of hydrogen-bond acceptors (Lipinski definition) is 8. The van der Waals surface area contributed by atoms with E-state index < -0.39 is 35.7 Å². The van der Waals surface area contributed by atoms with Crippen LogP contribution in [0.15, 0.2) is 97.1 Å². The first kappa shape index (κ1) is 39.5. The molecule has 2 N–H and O–H groups in total. The number of hydrogen-bond donors (Lipinski definition) is 2. The van der Waals surface area contributed by atoms with Crippen molar-refractivity contribution in [1.29, 1.82) is 0 Å². The van der Waals surface area contributed by atoms with E-state index in [2.05, 4.69) is 34.2 Å². The lowest BCUT2D eigenvalue weighted by Gasteiger charge is -2.33. The van der Waals surface area contributed by atoms with Crippen molar-refractivity contribution in [3.8, 4) is 11.4 Å². The molecular weight excluding hydrogens is 845 g/mol. The first-order valence-electron chi connectivity index (χ1n) is 22.3. The number of H-pyrrole nitrogens is 2. The van der Waals surface area contributed by atoms with Gasteiger partial charge in [0.15, 0.2) is 0 Å². The molecule has 6 aliphatic heterocycles. The lowest BCUT2D eigenvalue weighted by Crippen LogP contribution is -2.53. The van der Waals surface area contributed by atoms with Crippen molar-refractivity contribution < 1.29 is 28.8 Å². The molecule has 322 valence electrons. The van der Waals surface area contributed by atoms with E-state index in [1.807, 2.05) is 34.1 Å². The summed E-state index contributed by atoms with van der Waals surface area (Å²) < 4.78 is 0. The third-order valence-electron chi connectivity index (χ3n) is 14.3. The molecule has 4 aromatic carbocycles. The van der Waals surface area contributed by atoms with Crippen molar-refractivity contribution in [2.24, 2.45) is 0 Å². The molecule has 6 aliphatic rings. The minimum Gasteiger partial charge on any atom is -0.353 e. The average molecular weight is 889 g/mol. The molecule has 64 heavy (non-hydrogen) atoms. The molecule has 0 saturated carbocycles. The highest BCUT2D eigenvalue weighted by Crippen LogP contribution is 2.45. The van der Waals surface area contributed by atoms with Crippen molar-refractivity contribution in [3.05, 3.63) is 130 Å². The van der Waals surface area contributed by atoms with Gasteiger partial charge in [-0.3, -0.25) is 38.6 Å². The van der Waals surface area contributed by atoms with Gasteiger partial charge in [0, 0.05) is 45.4 Å². The van der Waals surface area contributed by atoms with Crippen LogP contribution in [0.25, 0.3) is 33.2 Å². The molecule has 4 fully saturated rings. The maximum atomic E-state index is 14.8. The second kappa shape index (κ2) is 15.3. The number of imide groups is 2. The highest BCUT2D eigenvalue weighted by atomic mass is 32.2. The molecule has 12 rings (SSSR count). The van der Waals surface area contributed by atoms with Gasteiger partial charge in [-0.25, -0.2) is 0 Å². The zero-order valence-electron chi connectivity index (χ0n) is 34.8. The predicted octanol–water partition coefficient (Wildman–Crippen LogP) is 7.64. The second-order valence-corrected chi connectivity index (χ2v) is 20.2. The molecule has 12 nitrogen and oxygen atoms in total. The van der Waals surface area contributed by atoms with Crippen molar-refractivity contribution in [2.45, 2.75) is 86.3 Å². The largest absolute Gasteiger partial charge is 0.353 e. The van der Waals surface area contributed by atoms with Gasteiger partial charge in [-0.15, -0.1) is 23.5 Å². The van der Waals surface area contributed by atoms with E-state index in [0.717, 1.165) is 81.5 Å². The first-order chi connectivity index (χ1) is 31.3. The lowest BCUT2D eigenvalue weighted by atomic mass is 9.96. The van der Waals surface area contributed by atoms with Crippen LogP contribution in [0.2, 0.25) is 0 Å². The van der Waals surface area contributed by atoms with Crippen LogP contribution in [0.4, 0.5) is 0 Å². The maximum absolute atomic E-state index is 14.8. The monoisotopic (exact) mass is 888 g/mol. The number of fused-ring (bicyclic) bond motifs is 6. The normalized spacial score (nSPS) is 25.7. The number of thioether (sulfide) groups is 2. The Morgan fingerprint density at radius 1 is 0.469 bits per heavy atom. The molecule has 0 unspecified atom stereocenters. The number of nitrogens with one attached hydrogen (secondary N) is 2. The van der Waals surface area contributed by atoms with Crippen LogP contribution in [0, 0.1) is 0 Å². The minimum atomic E-state index is -0.868. The number of carbonyl (C=O) groups excluding carboxylic acids is 6. The van der Waals surface area contributed by atoms with Crippen LogP contribution in [0.3, 0.4) is 0 Å². The fraction of sp³-hybridized carbons (Fsp3) is 0.320. The molecule has 14 heteroatoms. The Hall–Kier alpha value is -6.12. The van der Waals surface area contributed by atoms with Gasteiger partial charge in [0.1, 0.15) is 12.1 Å². The minimum absolute atomic E-state index is 0.0573. The van der Waals surface area contributed by atoms with Gasteiger partial charge in [-0.05, 0) is 98.9 Å². The number of benzene rings is 4. The van der Waals surface area contributed by atoms with E-state index in [9.17, 15) is 28.8 Å². The predicted molar refractivity (Wildman–Crippen MR) is 246 cm³/mol. The first-order valence-corrected chi connectivity index (χ1v) is 24.4. The SMILES string of the molecule is O=C1c2ccccc2C(=O)N1[C@H]1CCC[C@H]2SC[C@@H](Cc3c(-c4[nH]c5ccccc5c4C[C@@H]4CS[C@@H]5CCC[C@H](N6C(=O)c7ccccc7C6=O)C(=O)N45)[nH]c4ccccc34)N2C1=O. The number of amides is 6. The van der Waals surface area contributed by atoms with Crippen LogP contribution in [-0.2, 0) is 22.4 Å². The number of rotatable bonds is 7. The Balaban J connectivity index is 0.888. The van der Waals surface area contributed by atoms with E-state index in [-0.39, 0.29) is 34.6 Å². The number of para-hydroxylation sites is 2. The van der Waals surface area contributed by atoms with Crippen molar-refractivity contribution in [3.63, 3.8) is 0 Å². The summed E-state index contributed by atoms with van der Waals surface area (Å²) in [6, 6.07) is 28.0. The molecule has 4 saturated heterocycles. The summed E-state index contributed by atoms with van der Waals surface area (Å²) in [5.41, 5.74) is 7.31. The third kappa shape index (κ3) is 5.97. The van der Waals surface area contributed by atoms with Crippen LogP contribution >= 0.6 is 23.5 Å². The Morgan fingerprint density at radius 2 is 0.828 bits per heavy atom. The zero-order valence-corrected chi connectivity index (χ0v) is 36.5. The van der Waals surface area contributed by atoms with Crippen LogP contribution in [0.5, 0.6) is 0 Å². The van der Waals surface area contributed by atoms with Crippen LogP contribution < -0.4 is 0 Å². The quantitative estimate of drug-likeness (QED) is 0.156. The van der Waals surface area contributed by atoms with Crippen LogP contribution in [-0.4, -0.2) is 111 Å². The highest BCUT2D eigenvalue weighted by molar-refractivity contribution is 8.00. The molecule has 6 aromatic rings. The fourth-order valence-electron chi connectivity index (χ4n) is 11.4. The average Bonchev–Trinajstić information content (AvgIpc) is 4.14. The van der Waals surface area contributed by atoms with Gasteiger partial charge in [0.05, 0.1) is 44.4 Å². The molecule has 0 radical (unpaired) electrons. The number of carbonyl (C=O) groups is 6. The number of nitrogens with zero attached hydrogens (tertiary/aromatic N) is 4. The zero-order chi connectivity index (χ0) is 43.4. The van der Waals surface area contributed by atoms with Crippen molar-refractivity contribution in [1.82, 2.24) is 29.6 Å². The van der Waals surface area contributed by atoms with Crippen molar-refractivity contribution >= 4 is 80.8 Å². The topological polar surface area (TPSA) is 147 Å². The summed E-state index contributed by atoms with van der Waals surface area (Å²) in [5.74, 6) is -0.522. The van der Waals surface area contributed by atoms with Crippen LogP contribution in [0.1, 0.15) is 91.1 Å². The molecule has 6 amide bonds. The Kier molecular flexibility index (Phi) is 9.41. The van der Waals surface area contributed by atoms with E-state index in [0.29, 0.717) is 47.9 Å². The van der Waals surface area contributed by atoms with Gasteiger partial charge >= 0.3 is 0 Å². The molecular formula is C50H44N6O6S2. The van der Waals surface area contributed by atoms with Crippen molar-refractivity contribution in [2.75, 3.05) is 11.5 Å². The lowest BCUT2D eigenvalue weighted by molar-refractivity contribution is -0.137.